The molecule has 0 aliphatic carbocycles. The summed E-state index contributed by atoms with van der Waals surface area (Å²) >= 11 is 0. The molecule has 0 fully saturated rings. The lowest BCUT2D eigenvalue weighted by molar-refractivity contribution is 0.281. The minimum atomic E-state index is 0.284. The van der Waals surface area contributed by atoms with Crippen molar-refractivity contribution in [2.75, 3.05) is 6.61 Å². The molecule has 1 N–H and O–H groups in total. The van der Waals surface area contributed by atoms with Crippen molar-refractivity contribution < 1.29 is 5.11 Å². The predicted octanol–water partition coefficient (Wildman–Crippen LogP) is 4.38. The van der Waals surface area contributed by atoms with Gasteiger partial charge in [0.05, 0.1) is 6.04 Å². The standard InChI is InChI=1S/C16H31NO/c1-6-15(14(4)11-13(2)3)12-16(17-5)9-7-8-10-18/h13,16,18H,5-12H2,1-4H3/b15-14-. The Balaban J connectivity index is 4.42. The Hall–Kier alpha value is -0.630. The van der Waals surface area contributed by atoms with Gasteiger partial charge in [0, 0.05) is 6.61 Å². The molecule has 0 saturated heterocycles. The molecule has 0 saturated carbocycles. The van der Waals surface area contributed by atoms with Gasteiger partial charge in [-0.1, -0.05) is 31.9 Å². The number of allylic oxidation sites excluding steroid dienone is 1. The van der Waals surface area contributed by atoms with E-state index in [1.807, 2.05) is 0 Å². The van der Waals surface area contributed by atoms with Crippen LogP contribution in [0.3, 0.4) is 0 Å². The van der Waals surface area contributed by atoms with E-state index in [1.54, 1.807) is 5.57 Å². The first-order chi connectivity index (χ1) is 8.54. The number of aliphatic hydroxyl groups excluding tert-OH is 1. The van der Waals surface area contributed by atoms with E-state index in [4.69, 9.17) is 5.11 Å². The van der Waals surface area contributed by atoms with Crippen molar-refractivity contribution in [1.82, 2.24) is 0 Å². The highest BCUT2D eigenvalue weighted by Crippen LogP contribution is 2.23. The molecule has 0 radical (unpaired) electrons. The van der Waals surface area contributed by atoms with Crippen LogP contribution in [0.1, 0.15) is 66.2 Å². The molecule has 1 unspecified atom stereocenters. The molecule has 0 amide bonds. The zero-order chi connectivity index (χ0) is 14.0. The van der Waals surface area contributed by atoms with Crippen molar-refractivity contribution in [3.05, 3.63) is 11.1 Å². The molecule has 0 rings (SSSR count). The summed E-state index contributed by atoms with van der Waals surface area (Å²) in [5.74, 6) is 0.719. The fourth-order valence-electron chi connectivity index (χ4n) is 2.41. The number of nitrogens with zero attached hydrogens (tertiary/aromatic N) is 1. The molecule has 18 heavy (non-hydrogen) atoms. The molecule has 2 nitrogen and oxygen atoms in total. The van der Waals surface area contributed by atoms with Crippen LogP contribution in [-0.2, 0) is 0 Å². The topological polar surface area (TPSA) is 32.6 Å². The van der Waals surface area contributed by atoms with Gasteiger partial charge in [-0.3, -0.25) is 4.99 Å². The molecule has 0 bridgehead atoms. The van der Waals surface area contributed by atoms with Gasteiger partial charge < -0.3 is 5.11 Å². The highest BCUT2D eigenvalue weighted by molar-refractivity contribution is 5.25. The third kappa shape index (κ3) is 7.65. The fraction of sp³-hybridized carbons (Fsp3) is 0.812. The summed E-state index contributed by atoms with van der Waals surface area (Å²) in [6.45, 7) is 13.0. The first-order valence-corrected chi connectivity index (χ1v) is 7.29. The summed E-state index contributed by atoms with van der Waals surface area (Å²) in [7, 11) is 0. The molecule has 2 heteroatoms. The Kier molecular flexibility index (Phi) is 9.95. The van der Waals surface area contributed by atoms with Crippen LogP contribution in [0.5, 0.6) is 0 Å². The average molecular weight is 253 g/mol. The van der Waals surface area contributed by atoms with Gasteiger partial charge in [-0.25, -0.2) is 0 Å². The maximum Gasteiger partial charge on any atom is 0.0529 e. The third-order valence-corrected chi connectivity index (χ3v) is 3.43. The van der Waals surface area contributed by atoms with Gasteiger partial charge in [0.25, 0.3) is 0 Å². The van der Waals surface area contributed by atoms with Crippen LogP contribution in [0.15, 0.2) is 16.1 Å². The summed E-state index contributed by atoms with van der Waals surface area (Å²) in [6.07, 6.45) is 6.31. The van der Waals surface area contributed by atoms with E-state index in [1.165, 1.54) is 12.0 Å². The lowest BCUT2D eigenvalue weighted by atomic mass is 9.92. The number of hydrogen-bond donors (Lipinski definition) is 1. The van der Waals surface area contributed by atoms with Crippen LogP contribution >= 0.6 is 0 Å². The molecule has 1 atom stereocenters. The fourth-order valence-corrected chi connectivity index (χ4v) is 2.41. The molecule has 0 aliphatic heterocycles. The lowest BCUT2D eigenvalue weighted by Crippen LogP contribution is -2.07. The highest BCUT2D eigenvalue weighted by Gasteiger charge is 2.10. The second-order valence-corrected chi connectivity index (χ2v) is 5.60. The van der Waals surface area contributed by atoms with Gasteiger partial charge in [0.15, 0.2) is 0 Å². The summed E-state index contributed by atoms with van der Waals surface area (Å²) in [5, 5.41) is 8.81. The SMILES string of the molecule is C=NC(CCCCO)C/C(CC)=C(/C)CC(C)C. The smallest absolute Gasteiger partial charge is 0.0529 e. The number of aliphatic imine (C=N–C) groups is 1. The van der Waals surface area contributed by atoms with Gasteiger partial charge in [-0.15, -0.1) is 0 Å². The number of unbranched alkanes of at least 4 members (excludes halogenated alkanes) is 1. The zero-order valence-corrected chi connectivity index (χ0v) is 12.7. The van der Waals surface area contributed by atoms with E-state index in [0.29, 0.717) is 6.04 Å². The minimum Gasteiger partial charge on any atom is -0.396 e. The van der Waals surface area contributed by atoms with Crippen molar-refractivity contribution >= 4 is 6.72 Å². The summed E-state index contributed by atoms with van der Waals surface area (Å²) in [4.78, 5) is 4.24. The first kappa shape index (κ1) is 17.4. The second-order valence-electron chi connectivity index (χ2n) is 5.60. The second kappa shape index (κ2) is 10.3. The van der Waals surface area contributed by atoms with Crippen molar-refractivity contribution in [1.29, 1.82) is 0 Å². The van der Waals surface area contributed by atoms with Crippen LogP contribution in [-0.4, -0.2) is 24.5 Å². The van der Waals surface area contributed by atoms with Crippen LogP contribution in [0.2, 0.25) is 0 Å². The molecule has 0 heterocycles. The van der Waals surface area contributed by atoms with E-state index < -0.39 is 0 Å². The summed E-state index contributed by atoms with van der Waals surface area (Å²) in [5.41, 5.74) is 3.08. The van der Waals surface area contributed by atoms with Crippen LogP contribution in [0, 0.1) is 5.92 Å². The minimum absolute atomic E-state index is 0.284. The number of hydrogen-bond acceptors (Lipinski definition) is 2. The van der Waals surface area contributed by atoms with Crippen LogP contribution < -0.4 is 0 Å². The maximum atomic E-state index is 8.81. The van der Waals surface area contributed by atoms with Crippen LogP contribution in [0.4, 0.5) is 0 Å². The van der Waals surface area contributed by atoms with Gasteiger partial charge in [-0.05, 0) is 58.1 Å². The Morgan fingerprint density at radius 3 is 2.33 bits per heavy atom. The van der Waals surface area contributed by atoms with Crippen molar-refractivity contribution in [3.63, 3.8) is 0 Å². The number of rotatable bonds is 10. The quantitative estimate of drug-likeness (QED) is 0.350. The maximum absolute atomic E-state index is 8.81. The number of aliphatic hydroxyl groups is 1. The highest BCUT2D eigenvalue weighted by atomic mass is 16.2. The van der Waals surface area contributed by atoms with Gasteiger partial charge in [-0.2, -0.15) is 0 Å². The molecule has 0 aromatic rings. The molecule has 0 aromatic heterocycles. The Morgan fingerprint density at radius 1 is 1.22 bits per heavy atom. The third-order valence-electron chi connectivity index (χ3n) is 3.43. The van der Waals surface area contributed by atoms with E-state index in [2.05, 4.69) is 39.4 Å². The zero-order valence-electron chi connectivity index (χ0n) is 12.7. The monoisotopic (exact) mass is 253 g/mol. The molecule has 0 aromatic carbocycles. The summed E-state index contributed by atoms with van der Waals surface area (Å²) in [6, 6.07) is 0.327. The van der Waals surface area contributed by atoms with E-state index in [0.717, 1.165) is 38.0 Å². The molecule has 0 aliphatic rings. The molecular formula is C16H31NO. The average Bonchev–Trinajstić information content (AvgIpc) is 2.32. The van der Waals surface area contributed by atoms with Crippen LogP contribution in [0.25, 0.3) is 0 Å². The van der Waals surface area contributed by atoms with Crippen molar-refractivity contribution in [2.24, 2.45) is 10.9 Å². The van der Waals surface area contributed by atoms with Gasteiger partial charge in [0.2, 0.25) is 0 Å². The Morgan fingerprint density at radius 2 is 1.89 bits per heavy atom. The van der Waals surface area contributed by atoms with Crippen molar-refractivity contribution in [2.45, 2.75) is 72.3 Å². The molecule has 0 spiro atoms. The van der Waals surface area contributed by atoms with Gasteiger partial charge >= 0.3 is 0 Å². The largest absolute Gasteiger partial charge is 0.396 e. The Bertz CT molecular complexity index is 256. The van der Waals surface area contributed by atoms with E-state index in [-0.39, 0.29) is 6.61 Å². The predicted molar refractivity (Wildman–Crippen MR) is 81.3 cm³/mol. The van der Waals surface area contributed by atoms with E-state index in [9.17, 15) is 0 Å². The molecule has 106 valence electrons. The Labute approximate surface area is 113 Å². The van der Waals surface area contributed by atoms with Gasteiger partial charge in [0.1, 0.15) is 0 Å². The normalized spacial score (nSPS) is 14.6. The van der Waals surface area contributed by atoms with E-state index >= 15 is 0 Å². The summed E-state index contributed by atoms with van der Waals surface area (Å²) < 4.78 is 0. The first-order valence-electron chi connectivity index (χ1n) is 7.29. The van der Waals surface area contributed by atoms with Crippen molar-refractivity contribution in [3.8, 4) is 0 Å². The molecular weight excluding hydrogens is 222 g/mol. The lowest BCUT2D eigenvalue weighted by Gasteiger charge is -2.17.